The standard InChI is InChI=1S/C21H19F5N4O2/c1-12(11-31)28-20-29-18(14-3-2-4-17(7-14)32-21(24,25)26)9-19(30-20)27-10-13-5-15(22)8-16(23)6-13/h2-9,12,31H,10-11H2,1H3,(H2,27,28,29,30)/t12-/m0/s1. The van der Waals surface area contributed by atoms with Crippen molar-refractivity contribution in [2.24, 2.45) is 0 Å². The average Bonchev–Trinajstić information content (AvgIpc) is 2.70. The highest BCUT2D eigenvalue weighted by Crippen LogP contribution is 2.29. The Bertz CT molecular complexity index is 1060. The number of anilines is 2. The maximum Gasteiger partial charge on any atom is 0.573 e. The summed E-state index contributed by atoms with van der Waals surface area (Å²) >= 11 is 0. The number of alkyl halides is 3. The molecule has 1 aromatic heterocycles. The van der Waals surface area contributed by atoms with Crippen LogP contribution in [-0.2, 0) is 6.54 Å². The highest BCUT2D eigenvalue weighted by Gasteiger charge is 2.31. The number of hydrogen-bond acceptors (Lipinski definition) is 6. The molecule has 3 aromatic rings. The van der Waals surface area contributed by atoms with Crippen molar-refractivity contribution in [3.63, 3.8) is 0 Å². The van der Waals surface area contributed by atoms with E-state index < -0.39 is 29.8 Å². The van der Waals surface area contributed by atoms with Gasteiger partial charge in [-0.3, -0.25) is 0 Å². The average molecular weight is 454 g/mol. The predicted molar refractivity (Wildman–Crippen MR) is 108 cm³/mol. The van der Waals surface area contributed by atoms with Crippen LogP contribution < -0.4 is 15.4 Å². The number of nitrogens with zero attached hydrogens (tertiary/aromatic N) is 2. The summed E-state index contributed by atoms with van der Waals surface area (Å²) < 4.78 is 68.5. The zero-order valence-corrected chi connectivity index (χ0v) is 16.8. The van der Waals surface area contributed by atoms with Gasteiger partial charge >= 0.3 is 6.36 Å². The van der Waals surface area contributed by atoms with Crippen LogP contribution in [0, 0.1) is 11.6 Å². The Balaban J connectivity index is 1.91. The number of ether oxygens (including phenoxy) is 1. The molecule has 1 atom stereocenters. The van der Waals surface area contributed by atoms with E-state index in [9.17, 15) is 27.1 Å². The Kier molecular flexibility index (Phi) is 7.08. The summed E-state index contributed by atoms with van der Waals surface area (Å²) in [7, 11) is 0. The monoisotopic (exact) mass is 454 g/mol. The van der Waals surface area contributed by atoms with Gasteiger partial charge in [0.2, 0.25) is 5.95 Å². The van der Waals surface area contributed by atoms with Crippen LogP contribution in [0.1, 0.15) is 12.5 Å². The summed E-state index contributed by atoms with van der Waals surface area (Å²) in [5, 5.41) is 15.1. The number of aliphatic hydroxyl groups excluding tert-OH is 1. The van der Waals surface area contributed by atoms with Crippen LogP contribution in [0.2, 0.25) is 0 Å². The van der Waals surface area contributed by atoms with Gasteiger partial charge < -0.3 is 20.5 Å². The minimum Gasteiger partial charge on any atom is -0.406 e. The fourth-order valence-corrected chi connectivity index (χ4v) is 2.77. The molecule has 0 radical (unpaired) electrons. The van der Waals surface area contributed by atoms with Crippen molar-refractivity contribution in [1.82, 2.24) is 9.97 Å². The van der Waals surface area contributed by atoms with E-state index in [-0.39, 0.29) is 30.6 Å². The number of benzene rings is 2. The molecule has 11 heteroatoms. The van der Waals surface area contributed by atoms with Crippen LogP contribution in [0.4, 0.5) is 33.7 Å². The minimum absolute atomic E-state index is 0.0252. The normalized spacial score (nSPS) is 12.3. The summed E-state index contributed by atoms with van der Waals surface area (Å²) in [6.45, 7) is 1.49. The van der Waals surface area contributed by atoms with E-state index in [0.717, 1.165) is 24.3 Å². The lowest BCUT2D eigenvalue weighted by atomic mass is 10.1. The van der Waals surface area contributed by atoms with E-state index in [1.165, 1.54) is 24.3 Å². The first-order valence-electron chi connectivity index (χ1n) is 9.43. The highest BCUT2D eigenvalue weighted by molar-refractivity contribution is 5.66. The molecule has 0 saturated carbocycles. The summed E-state index contributed by atoms with van der Waals surface area (Å²) in [6, 6.07) is 9.37. The molecule has 3 N–H and O–H groups in total. The largest absolute Gasteiger partial charge is 0.573 e. The zero-order valence-electron chi connectivity index (χ0n) is 16.8. The lowest BCUT2D eigenvalue weighted by molar-refractivity contribution is -0.274. The molecule has 6 nitrogen and oxygen atoms in total. The van der Waals surface area contributed by atoms with Gasteiger partial charge in [-0.25, -0.2) is 13.8 Å². The molecule has 0 spiro atoms. The molecule has 32 heavy (non-hydrogen) atoms. The number of aliphatic hydroxyl groups is 1. The molecule has 0 aliphatic rings. The second kappa shape index (κ2) is 9.77. The third-order valence-electron chi connectivity index (χ3n) is 4.13. The van der Waals surface area contributed by atoms with Gasteiger partial charge in [-0.1, -0.05) is 12.1 Å². The molecular weight excluding hydrogens is 435 g/mol. The minimum atomic E-state index is -4.85. The van der Waals surface area contributed by atoms with E-state index in [2.05, 4.69) is 25.3 Å². The molecule has 0 saturated heterocycles. The molecule has 3 rings (SSSR count). The van der Waals surface area contributed by atoms with Crippen LogP contribution in [0.25, 0.3) is 11.3 Å². The number of aromatic nitrogens is 2. The van der Waals surface area contributed by atoms with Gasteiger partial charge in [-0.05, 0) is 36.8 Å². The topological polar surface area (TPSA) is 79.3 Å². The molecule has 0 bridgehead atoms. The van der Waals surface area contributed by atoms with Crippen molar-refractivity contribution in [1.29, 1.82) is 0 Å². The Morgan fingerprint density at radius 3 is 2.41 bits per heavy atom. The van der Waals surface area contributed by atoms with Crippen LogP contribution in [-0.4, -0.2) is 34.1 Å². The van der Waals surface area contributed by atoms with Crippen molar-refractivity contribution in [2.45, 2.75) is 25.9 Å². The number of hydrogen-bond donors (Lipinski definition) is 3. The summed E-state index contributed by atoms with van der Waals surface area (Å²) in [5.41, 5.74) is 0.892. The van der Waals surface area contributed by atoms with Gasteiger partial charge in [0.25, 0.3) is 0 Å². The van der Waals surface area contributed by atoms with Gasteiger partial charge in [0, 0.05) is 30.3 Å². The molecule has 2 aromatic carbocycles. The molecule has 170 valence electrons. The van der Waals surface area contributed by atoms with Crippen LogP contribution >= 0.6 is 0 Å². The number of nitrogens with one attached hydrogen (secondary N) is 2. The third kappa shape index (κ3) is 6.77. The second-order valence-electron chi connectivity index (χ2n) is 6.90. The van der Waals surface area contributed by atoms with E-state index in [1.54, 1.807) is 6.92 Å². The Labute approximate surface area is 180 Å². The van der Waals surface area contributed by atoms with Crippen LogP contribution in [0.5, 0.6) is 5.75 Å². The van der Waals surface area contributed by atoms with Gasteiger partial charge in [-0.2, -0.15) is 4.98 Å². The quantitative estimate of drug-likeness (QED) is 0.428. The van der Waals surface area contributed by atoms with Crippen molar-refractivity contribution in [2.75, 3.05) is 17.2 Å². The van der Waals surface area contributed by atoms with Gasteiger partial charge in [0.1, 0.15) is 23.2 Å². The third-order valence-corrected chi connectivity index (χ3v) is 4.13. The highest BCUT2D eigenvalue weighted by atomic mass is 19.4. The van der Waals surface area contributed by atoms with Crippen molar-refractivity contribution in [3.05, 3.63) is 65.7 Å². The molecular formula is C21H19F5N4O2. The predicted octanol–water partition coefficient (Wildman–Crippen LogP) is 4.73. The fraction of sp³-hybridized carbons (Fsp3) is 0.238. The first-order chi connectivity index (χ1) is 15.1. The first kappa shape index (κ1) is 23.2. The summed E-state index contributed by atoms with van der Waals surface area (Å²) in [5.74, 6) is -1.54. The smallest absolute Gasteiger partial charge is 0.406 e. The summed E-state index contributed by atoms with van der Waals surface area (Å²) in [4.78, 5) is 8.53. The van der Waals surface area contributed by atoms with E-state index in [4.69, 9.17) is 0 Å². The Hall–Kier alpha value is -3.47. The van der Waals surface area contributed by atoms with Gasteiger partial charge in [0.15, 0.2) is 0 Å². The maximum absolute atomic E-state index is 13.4. The maximum atomic E-state index is 13.4. The van der Waals surface area contributed by atoms with E-state index >= 15 is 0 Å². The number of halogens is 5. The molecule has 1 heterocycles. The van der Waals surface area contributed by atoms with Crippen molar-refractivity contribution in [3.8, 4) is 17.0 Å². The fourth-order valence-electron chi connectivity index (χ4n) is 2.77. The lowest BCUT2D eigenvalue weighted by Gasteiger charge is -2.15. The second-order valence-corrected chi connectivity index (χ2v) is 6.90. The van der Waals surface area contributed by atoms with Crippen molar-refractivity contribution >= 4 is 11.8 Å². The summed E-state index contributed by atoms with van der Waals surface area (Å²) in [6.07, 6.45) is -4.85. The zero-order chi connectivity index (χ0) is 23.3. The molecule has 0 aliphatic heterocycles. The van der Waals surface area contributed by atoms with Crippen molar-refractivity contribution < 1.29 is 31.8 Å². The van der Waals surface area contributed by atoms with Crippen LogP contribution in [0.15, 0.2) is 48.5 Å². The SMILES string of the molecule is C[C@@H](CO)Nc1nc(NCc2cc(F)cc(F)c2)cc(-c2cccc(OC(F)(F)F)c2)n1. The Morgan fingerprint density at radius 2 is 1.75 bits per heavy atom. The van der Waals surface area contributed by atoms with Gasteiger partial charge in [0.05, 0.1) is 12.3 Å². The lowest BCUT2D eigenvalue weighted by Crippen LogP contribution is -2.21. The molecule has 0 amide bonds. The van der Waals surface area contributed by atoms with E-state index in [1.807, 2.05) is 0 Å². The number of rotatable bonds is 8. The molecule has 0 unspecified atom stereocenters. The Morgan fingerprint density at radius 1 is 1.03 bits per heavy atom. The first-order valence-corrected chi connectivity index (χ1v) is 9.43. The molecule has 0 fully saturated rings. The van der Waals surface area contributed by atoms with E-state index in [0.29, 0.717) is 11.1 Å². The van der Waals surface area contributed by atoms with Gasteiger partial charge in [-0.15, -0.1) is 13.2 Å². The van der Waals surface area contributed by atoms with Crippen LogP contribution in [0.3, 0.4) is 0 Å². The molecule has 0 aliphatic carbocycles.